The molecule has 3 nitrogen and oxygen atoms in total. The van der Waals surface area contributed by atoms with Crippen molar-refractivity contribution in [3.8, 4) is 0 Å². The lowest BCUT2D eigenvalue weighted by Crippen LogP contribution is -2.48. The molecule has 1 N–H and O–H groups in total. The third-order valence-electron chi connectivity index (χ3n) is 5.17. The molecule has 3 rings (SSSR count). The smallest absolute Gasteiger partial charge is 0.225 e. The first-order valence-corrected chi connectivity index (χ1v) is 7.87. The van der Waals surface area contributed by atoms with Crippen LogP contribution in [0.25, 0.3) is 0 Å². The molecule has 0 aromatic rings. The van der Waals surface area contributed by atoms with Gasteiger partial charge in [0.25, 0.3) is 0 Å². The standard InChI is InChI=1S/C15H26N2O.ClH/c18-15(12-5-3-1-2-4-6-12)17-10-8-14-13(11-17)7-9-16-14;/h12-14,16H,1-11H2;1H. The van der Waals surface area contributed by atoms with Gasteiger partial charge in [0.05, 0.1) is 0 Å². The number of rotatable bonds is 1. The molecule has 1 amide bonds. The summed E-state index contributed by atoms with van der Waals surface area (Å²) in [6, 6.07) is 0.697. The summed E-state index contributed by atoms with van der Waals surface area (Å²) >= 11 is 0. The Balaban J connectivity index is 0.00000133. The number of halogens is 1. The Morgan fingerprint density at radius 3 is 2.47 bits per heavy atom. The fraction of sp³-hybridized carbons (Fsp3) is 0.933. The maximum absolute atomic E-state index is 12.6. The molecule has 2 aliphatic heterocycles. The molecule has 2 saturated heterocycles. The maximum Gasteiger partial charge on any atom is 0.225 e. The van der Waals surface area contributed by atoms with Gasteiger partial charge in [0.1, 0.15) is 0 Å². The predicted octanol–water partition coefficient (Wildman–Crippen LogP) is 2.59. The summed E-state index contributed by atoms with van der Waals surface area (Å²) in [5.41, 5.74) is 0. The topological polar surface area (TPSA) is 32.3 Å². The van der Waals surface area contributed by atoms with Crippen molar-refractivity contribution in [2.45, 2.75) is 57.4 Å². The average Bonchev–Trinajstić information content (AvgIpc) is 2.69. The van der Waals surface area contributed by atoms with Gasteiger partial charge >= 0.3 is 0 Å². The summed E-state index contributed by atoms with van der Waals surface area (Å²) in [6.45, 7) is 3.16. The highest BCUT2D eigenvalue weighted by Gasteiger charge is 2.36. The van der Waals surface area contributed by atoms with Gasteiger partial charge in [0.2, 0.25) is 5.91 Å². The lowest BCUT2D eigenvalue weighted by molar-refractivity contribution is -0.137. The van der Waals surface area contributed by atoms with Gasteiger partial charge in [0, 0.05) is 25.0 Å². The van der Waals surface area contributed by atoms with E-state index in [1.165, 1.54) is 38.5 Å². The molecular formula is C15H27ClN2O. The number of likely N-dealkylation sites (tertiary alicyclic amines) is 1. The molecule has 0 aromatic carbocycles. The molecular weight excluding hydrogens is 260 g/mol. The summed E-state index contributed by atoms with van der Waals surface area (Å²) in [7, 11) is 0. The molecule has 0 bridgehead atoms. The van der Waals surface area contributed by atoms with Crippen molar-refractivity contribution in [1.29, 1.82) is 0 Å². The molecule has 0 aromatic heterocycles. The van der Waals surface area contributed by atoms with Crippen LogP contribution in [0.2, 0.25) is 0 Å². The monoisotopic (exact) mass is 286 g/mol. The van der Waals surface area contributed by atoms with Crippen LogP contribution in [-0.4, -0.2) is 36.5 Å². The van der Waals surface area contributed by atoms with Crippen molar-refractivity contribution < 1.29 is 4.79 Å². The number of nitrogens with zero attached hydrogens (tertiary/aromatic N) is 1. The number of carbonyl (C=O) groups excluding carboxylic acids is 1. The van der Waals surface area contributed by atoms with E-state index < -0.39 is 0 Å². The van der Waals surface area contributed by atoms with E-state index in [9.17, 15) is 4.79 Å². The van der Waals surface area contributed by atoms with Crippen molar-refractivity contribution in [1.82, 2.24) is 10.2 Å². The van der Waals surface area contributed by atoms with E-state index in [-0.39, 0.29) is 12.4 Å². The highest BCUT2D eigenvalue weighted by Crippen LogP contribution is 2.29. The zero-order chi connectivity index (χ0) is 12.4. The van der Waals surface area contributed by atoms with Crippen molar-refractivity contribution in [3.63, 3.8) is 0 Å². The van der Waals surface area contributed by atoms with Gasteiger partial charge in [-0.2, -0.15) is 0 Å². The van der Waals surface area contributed by atoms with Gasteiger partial charge in [-0.15, -0.1) is 12.4 Å². The Morgan fingerprint density at radius 2 is 1.74 bits per heavy atom. The number of hydrogen-bond acceptors (Lipinski definition) is 2. The minimum absolute atomic E-state index is 0. The zero-order valence-electron chi connectivity index (χ0n) is 11.8. The molecule has 3 aliphatic rings. The van der Waals surface area contributed by atoms with E-state index in [2.05, 4.69) is 10.2 Å². The van der Waals surface area contributed by atoms with Crippen LogP contribution in [0.5, 0.6) is 0 Å². The lowest BCUT2D eigenvalue weighted by Gasteiger charge is -2.36. The predicted molar refractivity (Wildman–Crippen MR) is 79.5 cm³/mol. The Hall–Kier alpha value is -0.280. The summed E-state index contributed by atoms with van der Waals surface area (Å²) < 4.78 is 0. The van der Waals surface area contributed by atoms with Crippen LogP contribution in [0.3, 0.4) is 0 Å². The normalized spacial score (nSPS) is 32.3. The molecule has 2 heterocycles. The third-order valence-corrected chi connectivity index (χ3v) is 5.17. The quantitative estimate of drug-likeness (QED) is 0.752. The highest BCUT2D eigenvalue weighted by atomic mass is 35.5. The lowest BCUT2D eigenvalue weighted by atomic mass is 9.91. The van der Waals surface area contributed by atoms with Gasteiger partial charge < -0.3 is 10.2 Å². The van der Waals surface area contributed by atoms with Crippen molar-refractivity contribution in [2.24, 2.45) is 11.8 Å². The van der Waals surface area contributed by atoms with Gasteiger partial charge in [-0.1, -0.05) is 25.7 Å². The summed E-state index contributed by atoms with van der Waals surface area (Å²) in [5.74, 6) is 1.55. The Labute approximate surface area is 122 Å². The van der Waals surface area contributed by atoms with Crippen LogP contribution in [0.4, 0.5) is 0 Å². The number of carbonyl (C=O) groups is 1. The molecule has 0 spiro atoms. The number of fused-ring (bicyclic) bond motifs is 1. The molecule has 3 fully saturated rings. The van der Waals surface area contributed by atoms with E-state index in [1.807, 2.05) is 0 Å². The van der Waals surface area contributed by atoms with E-state index in [4.69, 9.17) is 0 Å². The van der Waals surface area contributed by atoms with Crippen LogP contribution < -0.4 is 5.32 Å². The third kappa shape index (κ3) is 3.43. The minimum atomic E-state index is 0. The van der Waals surface area contributed by atoms with E-state index in [0.29, 0.717) is 17.9 Å². The summed E-state index contributed by atoms with van der Waals surface area (Å²) in [6.07, 6.45) is 9.90. The van der Waals surface area contributed by atoms with Gasteiger partial charge in [-0.05, 0) is 38.1 Å². The van der Waals surface area contributed by atoms with Crippen molar-refractivity contribution in [2.75, 3.05) is 19.6 Å². The average molecular weight is 287 g/mol. The van der Waals surface area contributed by atoms with Crippen LogP contribution in [-0.2, 0) is 4.79 Å². The second kappa shape index (κ2) is 6.94. The van der Waals surface area contributed by atoms with Crippen LogP contribution in [0, 0.1) is 11.8 Å². The zero-order valence-corrected chi connectivity index (χ0v) is 12.6. The van der Waals surface area contributed by atoms with E-state index >= 15 is 0 Å². The second-order valence-electron chi connectivity index (χ2n) is 6.37. The van der Waals surface area contributed by atoms with Crippen LogP contribution in [0.1, 0.15) is 51.4 Å². The van der Waals surface area contributed by atoms with Crippen molar-refractivity contribution in [3.05, 3.63) is 0 Å². The largest absolute Gasteiger partial charge is 0.342 e. The first kappa shape index (κ1) is 15.1. The number of nitrogens with one attached hydrogen (secondary N) is 1. The minimum Gasteiger partial charge on any atom is -0.342 e. The second-order valence-corrected chi connectivity index (χ2v) is 6.37. The number of hydrogen-bond donors (Lipinski definition) is 1. The molecule has 2 unspecified atom stereocenters. The molecule has 0 radical (unpaired) electrons. The molecule has 1 aliphatic carbocycles. The highest BCUT2D eigenvalue weighted by molar-refractivity contribution is 5.85. The van der Waals surface area contributed by atoms with Crippen molar-refractivity contribution >= 4 is 18.3 Å². The number of piperidine rings is 1. The van der Waals surface area contributed by atoms with E-state index in [0.717, 1.165) is 38.4 Å². The van der Waals surface area contributed by atoms with Gasteiger partial charge in [0.15, 0.2) is 0 Å². The Bertz CT molecular complexity index is 303. The molecule has 110 valence electrons. The van der Waals surface area contributed by atoms with E-state index in [1.54, 1.807) is 0 Å². The first-order valence-electron chi connectivity index (χ1n) is 7.87. The Kier molecular flexibility index (Phi) is 5.52. The fourth-order valence-electron chi connectivity index (χ4n) is 4.03. The molecule has 1 saturated carbocycles. The fourth-order valence-corrected chi connectivity index (χ4v) is 4.03. The van der Waals surface area contributed by atoms with Gasteiger partial charge in [-0.25, -0.2) is 0 Å². The SMILES string of the molecule is Cl.O=C(C1CCCCCC1)N1CCC2NCCC2C1. The molecule has 2 atom stereocenters. The number of amides is 1. The van der Waals surface area contributed by atoms with Crippen LogP contribution >= 0.6 is 12.4 Å². The summed E-state index contributed by atoms with van der Waals surface area (Å²) in [5, 5.41) is 3.57. The first-order chi connectivity index (χ1) is 8.84. The molecule has 19 heavy (non-hydrogen) atoms. The maximum atomic E-state index is 12.6. The Morgan fingerprint density at radius 1 is 1.00 bits per heavy atom. The summed E-state index contributed by atoms with van der Waals surface area (Å²) in [4.78, 5) is 14.8. The van der Waals surface area contributed by atoms with Gasteiger partial charge in [-0.3, -0.25) is 4.79 Å². The molecule has 4 heteroatoms. The van der Waals surface area contributed by atoms with Crippen LogP contribution in [0.15, 0.2) is 0 Å².